The van der Waals surface area contributed by atoms with Crippen LogP contribution in [0.1, 0.15) is 0 Å². The van der Waals surface area contributed by atoms with Gasteiger partial charge in [-0.15, -0.1) is 103 Å². The van der Waals surface area contributed by atoms with E-state index in [0.29, 0.717) is 10.6 Å². The Labute approximate surface area is 570 Å². The molecule has 0 aromatic heterocycles. The summed E-state index contributed by atoms with van der Waals surface area (Å²) in [5, 5.41) is 6.00. The van der Waals surface area contributed by atoms with Crippen LogP contribution in [0.5, 0.6) is 0 Å². The van der Waals surface area contributed by atoms with E-state index in [4.69, 9.17) is 92.8 Å². The molecule has 24 heteroatoms. The van der Waals surface area contributed by atoms with Crippen LogP contribution in [-0.4, -0.2) is 98.4 Å². The molecule has 0 unspecified atom stereocenters. The first kappa shape index (κ1) is 93.3. The molecule has 8 aromatic carbocycles. The monoisotopic (exact) mass is 1590 g/mol. The molecule has 450 valence electrons. The molecule has 0 aliphatic carbocycles. The summed E-state index contributed by atoms with van der Waals surface area (Å²) in [6, 6.07) is 68.2. The molecule has 0 heterocycles. The molecule has 0 N–H and O–H groups in total. The van der Waals surface area contributed by atoms with Crippen LogP contribution in [0.15, 0.2) is 228 Å². The third kappa shape index (κ3) is 43.2. The Morgan fingerprint density at radius 3 is 0.750 bits per heavy atom. The maximum atomic E-state index is 11.5. The number of alkyl halides is 8. The molecular formula is C56H66Cl8Fe2N2O6P2Pd2S2. The second kappa shape index (κ2) is 58.9. The first-order valence-corrected chi connectivity index (χ1v) is 31.5. The predicted octanol–water partition coefficient (Wildman–Crippen LogP) is 13.6. The summed E-state index contributed by atoms with van der Waals surface area (Å²) in [7, 11) is -2.77. The van der Waals surface area contributed by atoms with E-state index in [0.717, 1.165) is 34.3 Å². The van der Waals surface area contributed by atoms with Crippen molar-refractivity contribution >= 4 is 161 Å². The number of nitrogens with zero attached hydrogens (tertiary/aromatic N) is 2. The minimum Gasteiger partial charge on any atom is -0.746 e. The molecule has 0 aliphatic rings. The Morgan fingerprint density at radius 2 is 0.600 bits per heavy atom. The number of benzene rings is 4. The quantitative estimate of drug-likeness (QED) is 0.0413. The van der Waals surface area contributed by atoms with Gasteiger partial charge in [0.05, 0.1) is 21.4 Å². The van der Waals surface area contributed by atoms with E-state index in [1.807, 2.05) is 182 Å². The fraction of sp³-hybridized carbons (Fsp3) is 0.179. The minimum atomic E-state index is -4.48. The van der Waals surface area contributed by atoms with Crippen molar-refractivity contribution in [3.05, 3.63) is 233 Å². The van der Waals surface area contributed by atoms with E-state index >= 15 is 0 Å². The van der Waals surface area contributed by atoms with Crippen LogP contribution in [-0.2, 0) is 95.2 Å². The fourth-order valence-corrected chi connectivity index (χ4v) is 12.8. The molecule has 0 atom stereocenters. The SMILES string of the molecule is CN(C)CCN(C)C.ClCCl.ClCCl.ClCCl.ClCCl.O=S(=O)([O-])c1ccc[c-]1P(c1ccccc1)c1ccccc1.O=S(=O)([O-])c1ccc[c-]1P(c1ccccc1)c1ccccc1.[CH3-].[CH3-].[Fe+2].[Fe+2].[Pd+2].[Pd+2].c1cc[cH-]c1.c1cc[cH-]c1. The smallest absolute Gasteiger partial charge is 0.746 e. The van der Waals surface area contributed by atoms with E-state index in [9.17, 15) is 25.9 Å². The topological polar surface area (TPSA) is 121 Å². The third-order valence-corrected chi connectivity index (χ3v) is 15.8. The van der Waals surface area contributed by atoms with Gasteiger partial charge < -0.3 is 33.8 Å². The normalized spacial score (nSPS) is 9.47. The van der Waals surface area contributed by atoms with Crippen LogP contribution in [0.4, 0.5) is 0 Å². The van der Waals surface area contributed by atoms with Gasteiger partial charge in [-0.25, -0.2) is 53.2 Å². The summed E-state index contributed by atoms with van der Waals surface area (Å²) in [5.41, 5.74) is 0. The molecule has 0 spiro atoms. The second-order valence-corrected chi connectivity index (χ2v) is 24.7. The van der Waals surface area contributed by atoms with Crippen molar-refractivity contribution in [2.45, 2.75) is 9.79 Å². The van der Waals surface area contributed by atoms with Gasteiger partial charge in [0.1, 0.15) is 20.2 Å². The van der Waals surface area contributed by atoms with Crippen LogP contribution >= 0.6 is 109 Å². The summed E-state index contributed by atoms with van der Waals surface area (Å²) in [5.74, 6) is 0. The number of hydrogen-bond acceptors (Lipinski definition) is 8. The van der Waals surface area contributed by atoms with Crippen LogP contribution in [0.2, 0.25) is 0 Å². The molecule has 0 bridgehead atoms. The maximum Gasteiger partial charge on any atom is 2.00 e. The van der Waals surface area contributed by atoms with Crippen molar-refractivity contribution < 1.29 is 101 Å². The van der Waals surface area contributed by atoms with Crippen LogP contribution in [0.3, 0.4) is 0 Å². The van der Waals surface area contributed by atoms with Gasteiger partial charge in [0.25, 0.3) is 0 Å². The van der Waals surface area contributed by atoms with Crippen LogP contribution < -0.4 is 31.8 Å². The Bertz CT molecular complexity index is 2410. The summed E-state index contributed by atoms with van der Waals surface area (Å²) >= 11 is 38.1. The van der Waals surface area contributed by atoms with Gasteiger partial charge in [0.15, 0.2) is 0 Å². The van der Waals surface area contributed by atoms with Crippen molar-refractivity contribution in [3.8, 4) is 0 Å². The Morgan fingerprint density at radius 1 is 0.400 bits per heavy atom. The molecular weight excluding hydrogens is 1530 g/mol. The second-order valence-electron chi connectivity index (χ2n) is 14.4. The van der Waals surface area contributed by atoms with E-state index < -0.39 is 36.1 Å². The first-order chi connectivity index (χ1) is 35.4. The first-order valence-electron chi connectivity index (χ1n) is 21.8. The molecule has 0 saturated heterocycles. The number of rotatable bonds is 11. The Balaban J connectivity index is -0.000000170. The predicted molar refractivity (Wildman–Crippen MR) is 338 cm³/mol. The molecule has 0 saturated carbocycles. The average Bonchev–Trinajstić information content (AvgIpc) is 4.25. The Hall–Kier alpha value is -0.436. The van der Waals surface area contributed by atoms with E-state index in [-0.39, 0.29) is 121 Å². The van der Waals surface area contributed by atoms with Gasteiger partial charge in [0, 0.05) is 13.1 Å². The van der Waals surface area contributed by atoms with Crippen molar-refractivity contribution in [2.75, 3.05) is 62.6 Å². The summed E-state index contributed by atoms with van der Waals surface area (Å²) in [6.07, 6.45) is 0. The average molecular weight is 1600 g/mol. The van der Waals surface area contributed by atoms with Crippen LogP contribution in [0, 0.1) is 14.9 Å². The standard InChI is InChI=1S/2C17H14O3PS.C6H16N2.2C5H5.4CH2Cl2.2CH3.2Fe.2Pd/c2*18-22(19,20)17-13-7-12-16(17)21(14-8-3-1-4-9-14)15-10-5-2-6-11-15;1-7(2)5-6-8(3)4;2*1-2-4-5-3-1;4*2-1-3;;;;;;/h2*1-13H,(H,18,19,20);5-6H2,1-4H3;2*1-5H;4*1H2;2*1H3;;;;/q2*-1;;2*-1;;;;;2*-1;4*+2/p-2. The minimum absolute atomic E-state index is 0. The molecule has 0 amide bonds. The molecule has 8 nitrogen and oxygen atoms in total. The molecule has 0 fully saturated rings. The largest absolute Gasteiger partial charge is 2.00 e. The van der Waals surface area contributed by atoms with E-state index in [1.165, 1.54) is 12.1 Å². The van der Waals surface area contributed by atoms with Gasteiger partial charge in [-0.2, -0.15) is 60.7 Å². The number of likely N-dealkylation sites (N-methyl/N-ethyl adjacent to an activating group) is 2. The third-order valence-electron chi connectivity index (χ3n) is 8.69. The van der Waals surface area contributed by atoms with Gasteiger partial charge in [-0.05, 0) is 49.4 Å². The van der Waals surface area contributed by atoms with Crippen molar-refractivity contribution in [1.29, 1.82) is 0 Å². The zero-order valence-corrected chi connectivity index (χ0v) is 59.2. The van der Waals surface area contributed by atoms with Gasteiger partial charge in [0.2, 0.25) is 0 Å². The molecule has 0 aliphatic heterocycles. The molecule has 0 radical (unpaired) electrons. The van der Waals surface area contributed by atoms with Gasteiger partial charge >= 0.3 is 75.0 Å². The Kier molecular flexibility index (Phi) is 68.7. The summed E-state index contributed by atoms with van der Waals surface area (Å²) < 4.78 is 69.2. The zero-order chi connectivity index (χ0) is 55.6. The van der Waals surface area contributed by atoms with Crippen molar-refractivity contribution in [1.82, 2.24) is 9.80 Å². The van der Waals surface area contributed by atoms with Gasteiger partial charge in [-0.1, -0.05) is 147 Å². The van der Waals surface area contributed by atoms with Gasteiger partial charge in [-0.3, -0.25) is 0 Å². The summed E-state index contributed by atoms with van der Waals surface area (Å²) in [4.78, 5) is 4.12. The fourth-order valence-electron chi connectivity index (χ4n) is 5.78. The number of hydrogen-bond donors (Lipinski definition) is 0. The zero-order valence-electron chi connectivity index (χ0n) is 44.4. The van der Waals surface area contributed by atoms with Crippen LogP contribution in [0.25, 0.3) is 0 Å². The molecule has 80 heavy (non-hydrogen) atoms. The summed E-state index contributed by atoms with van der Waals surface area (Å²) in [6.45, 7) is 2.29. The maximum absolute atomic E-state index is 11.5. The van der Waals surface area contributed by atoms with E-state index in [2.05, 4.69) is 38.0 Å². The molecule has 8 aromatic rings. The van der Waals surface area contributed by atoms with E-state index in [1.54, 1.807) is 24.3 Å². The van der Waals surface area contributed by atoms with Crippen molar-refractivity contribution in [3.63, 3.8) is 0 Å². The van der Waals surface area contributed by atoms with Crippen molar-refractivity contribution in [2.24, 2.45) is 0 Å². The number of halogens is 8. The molecule has 8 rings (SSSR count).